The van der Waals surface area contributed by atoms with Crippen molar-refractivity contribution in [3.05, 3.63) is 65.6 Å². The number of rotatable bonds is 11. The molecule has 4 aromatic rings. The van der Waals surface area contributed by atoms with Crippen LogP contribution in [0.4, 0.5) is 16.0 Å². The van der Waals surface area contributed by atoms with Crippen LogP contribution >= 0.6 is 11.3 Å². The minimum absolute atomic E-state index is 0.0122. The molecule has 2 aromatic carbocycles. The third-order valence-electron chi connectivity index (χ3n) is 5.59. The zero-order valence-corrected chi connectivity index (χ0v) is 24.6. The molecule has 212 valence electrons. The van der Waals surface area contributed by atoms with Gasteiger partial charge in [0, 0.05) is 36.2 Å². The molecule has 2 N–H and O–H groups in total. The van der Waals surface area contributed by atoms with Crippen molar-refractivity contribution in [3.63, 3.8) is 0 Å². The van der Waals surface area contributed by atoms with E-state index in [9.17, 15) is 21.2 Å². The summed E-state index contributed by atoms with van der Waals surface area (Å²) in [6.45, 7) is 4.19. The molecule has 0 radical (unpaired) electrons. The van der Waals surface area contributed by atoms with Crippen molar-refractivity contribution in [2.45, 2.75) is 24.7 Å². The van der Waals surface area contributed by atoms with Gasteiger partial charge in [-0.05, 0) is 36.4 Å². The molecule has 2 heterocycles. The van der Waals surface area contributed by atoms with E-state index in [-0.39, 0.29) is 40.5 Å². The van der Waals surface area contributed by atoms with E-state index in [0.29, 0.717) is 17.0 Å². The maximum absolute atomic E-state index is 13.9. The van der Waals surface area contributed by atoms with Gasteiger partial charge < -0.3 is 10.1 Å². The lowest BCUT2D eigenvalue weighted by atomic mass is 10.1. The lowest BCUT2D eigenvalue weighted by molar-refractivity contribution is 0.401. The molecule has 0 amide bonds. The minimum atomic E-state index is -4.18. The van der Waals surface area contributed by atoms with Gasteiger partial charge in [0.05, 0.1) is 34.1 Å². The highest BCUT2D eigenvalue weighted by Gasteiger charge is 2.22. The van der Waals surface area contributed by atoms with Gasteiger partial charge in [0.25, 0.3) is 10.0 Å². The molecule has 2 aromatic heterocycles. The number of benzene rings is 2. The van der Waals surface area contributed by atoms with Crippen molar-refractivity contribution in [1.82, 2.24) is 15.0 Å². The van der Waals surface area contributed by atoms with Gasteiger partial charge in [-0.1, -0.05) is 26.0 Å². The third-order valence-corrected chi connectivity index (χ3v) is 9.31. The number of sulfonamides is 1. The van der Waals surface area contributed by atoms with Gasteiger partial charge in [0.15, 0.2) is 0 Å². The highest BCUT2D eigenvalue weighted by Crippen LogP contribution is 2.39. The fraction of sp³-hybridized carbons (Fsp3) is 0.269. The van der Waals surface area contributed by atoms with E-state index in [2.05, 4.69) is 20.0 Å². The molecule has 0 spiro atoms. The van der Waals surface area contributed by atoms with E-state index < -0.39 is 25.7 Å². The Morgan fingerprint density at radius 1 is 1.05 bits per heavy atom. The maximum Gasteiger partial charge on any atom is 0.265 e. The maximum atomic E-state index is 13.9. The molecule has 0 atom stereocenters. The molecule has 0 saturated carbocycles. The fourth-order valence-corrected chi connectivity index (χ4v) is 6.44. The van der Waals surface area contributed by atoms with Crippen LogP contribution in [0.1, 0.15) is 24.8 Å². The molecular formula is C26H28FN5O5S3. The Bertz CT molecular complexity index is 1740. The fourth-order valence-electron chi connectivity index (χ4n) is 3.67. The molecule has 0 aliphatic heterocycles. The Hall–Kier alpha value is -3.62. The number of halogens is 1. The monoisotopic (exact) mass is 605 g/mol. The van der Waals surface area contributed by atoms with Gasteiger partial charge in [-0.3, -0.25) is 4.72 Å². The first-order valence-corrected chi connectivity index (χ1v) is 16.4. The smallest absolute Gasteiger partial charge is 0.265 e. The average Bonchev–Trinajstić information content (AvgIpc) is 3.34. The second kappa shape index (κ2) is 11.9. The Labute approximate surface area is 236 Å². The Kier molecular flexibility index (Phi) is 8.71. The number of hydrogen-bond acceptors (Lipinski definition) is 10. The van der Waals surface area contributed by atoms with Gasteiger partial charge >= 0.3 is 0 Å². The number of nitrogens with one attached hydrogen (secondary N) is 2. The Morgan fingerprint density at radius 2 is 1.82 bits per heavy atom. The van der Waals surface area contributed by atoms with Crippen molar-refractivity contribution in [2.75, 3.05) is 35.7 Å². The molecule has 0 aliphatic carbocycles. The van der Waals surface area contributed by atoms with E-state index in [1.807, 2.05) is 13.8 Å². The van der Waals surface area contributed by atoms with Crippen molar-refractivity contribution in [3.8, 4) is 27.6 Å². The predicted molar refractivity (Wildman–Crippen MR) is 155 cm³/mol. The Balaban J connectivity index is 1.70. The number of nitrogens with zero attached hydrogens (tertiary/aromatic N) is 3. The van der Waals surface area contributed by atoms with E-state index in [1.54, 1.807) is 36.5 Å². The minimum Gasteiger partial charge on any atom is -0.495 e. The number of hydrogen-bond donors (Lipinski definition) is 2. The van der Waals surface area contributed by atoms with Crippen molar-refractivity contribution in [2.24, 2.45) is 0 Å². The van der Waals surface area contributed by atoms with Crippen molar-refractivity contribution < 1.29 is 26.0 Å². The average molecular weight is 606 g/mol. The quantitative estimate of drug-likeness (QED) is 0.247. The zero-order valence-electron chi connectivity index (χ0n) is 22.2. The van der Waals surface area contributed by atoms with Gasteiger partial charge in [0.2, 0.25) is 5.95 Å². The third kappa shape index (κ3) is 7.11. The van der Waals surface area contributed by atoms with Crippen LogP contribution in [0, 0.1) is 5.82 Å². The second-order valence-corrected chi connectivity index (χ2v) is 14.1. The van der Waals surface area contributed by atoms with Crippen LogP contribution in [0.5, 0.6) is 5.75 Å². The number of ether oxygens (including phenoxy) is 1. The highest BCUT2D eigenvalue weighted by atomic mass is 32.2. The molecule has 4 rings (SSSR count). The lowest BCUT2D eigenvalue weighted by Gasteiger charge is -2.12. The number of aromatic nitrogens is 3. The predicted octanol–water partition coefficient (Wildman–Crippen LogP) is 4.80. The summed E-state index contributed by atoms with van der Waals surface area (Å²) in [6, 6.07) is 11.7. The molecule has 0 unspecified atom stereocenters. The summed E-state index contributed by atoms with van der Waals surface area (Å²) in [7, 11) is -6.02. The zero-order chi connectivity index (χ0) is 29.1. The van der Waals surface area contributed by atoms with Crippen molar-refractivity contribution >= 4 is 42.8 Å². The number of thiazole rings is 1. The van der Waals surface area contributed by atoms with Gasteiger partial charge in [0.1, 0.15) is 26.3 Å². The summed E-state index contributed by atoms with van der Waals surface area (Å²) >= 11 is 1.45. The van der Waals surface area contributed by atoms with Crippen LogP contribution in [0.3, 0.4) is 0 Å². The van der Waals surface area contributed by atoms with Crippen molar-refractivity contribution in [1.29, 1.82) is 0 Å². The highest BCUT2D eigenvalue weighted by molar-refractivity contribution is 7.92. The first kappa shape index (κ1) is 29.4. The van der Waals surface area contributed by atoms with Crippen LogP contribution < -0.4 is 14.8 Å². The first-order chi connectivity index (χ1) is 18.9. The number of sulfone groups is 1. The molecule has 0 saturated heterocycles. The second-order valence-electron chi connectivity index (χ2n) is 9.19. The van der Waals surface area contributed by atoms with Gasteiger partial charge in [-0.25, -0.2) is 36.2 Å². The number of methoxy groups -OCH3 is 1. The van der Waals surface area contributed by atoms with E-state index >= 15 is 0 Å². The SMILES string of the molecule is COc1ccc(F)cc1S(=O)(=O)Nc1cccc(-c2nc(C(C)C)sc2-c2ccnc(NCCS(C)(=O)=O)n2)c1. The summed E-state index contributed by atoms with van der Waals surface area (Å²) in [5.41, 5.74) is 2.06. The molecule has 14 heteroatoms. The summed E-state index contributed by atoms with van der Waals surface area (Å²) in [6.07, 6.45) is 2.73. The summed E-state index contributed by atoms with van der Waals surface area (Å²) in [5, 5.41) is 3.79. The molecule has 10 nitrogen and oxygen atoms in total. The topological polar surface area (TPSA) is 140 Å². The van der Waals surface area contributed by atoms with Crippen LogP contribution in [0.2, 0.25) is 0 Å². The Morgan fingerprint density at radius 3 is 2.52 bits per heavy atom. The van der Waals surface area contributed by atoms with Crippen LogP contribution in [-0.2, 0) is 19.9 Å². The molecule has 0 fully saturated rings. The lowest BCUT2D eigenvalue weighted by Crippen LogP contribution is -2.15. The molecular weight excluding hydrogens is 578 g/mol. The van der Waals surface area contributed by atoms with Crippen LogP contribution in [0.15, 0.2) is 59.6 Å². The van der Waals surface area contributed by atoms with E-state index in [4.69, 9.17) is 9.72 Å². The normalized spacial score (nSPS) is 11.9. The van der Waals surface area contributed by atoms with Crippen LogP contribution in [0.25, 0.3) is 21.8 Å². The largest absolute Gasteiger partial charge is 0.495 e. The standard InChI is InChI=1S/C26H28FN5O5S3/c1-16(2)25-31-23(24(38-25)20-10-11-28-26(30-20)29-12-13-39(4,33)34)17-6-5-7-19(14-17)32-40(35,36)22-15-18(27)8-9-21(22)37-3/h5-11,14-16,32H,12-13H2,1-4H3,(H,28,29,30). The summed E-state index contributed by atoms with van der Waals surface area (Å²) in [4.78, 5) is 14.0. The first-order valence-electron chi connectivity index (χ1n) is 12.1. The number of anilines is 2. The van der Waals surface area contributed by atoms with Crippen LogP contribution in [-0.4, -0.2) is 57.5 Å². The van der Waals surface area contributed by atoms with E-state index in [0.717, 1.165) is 28.3 Å². The van der Waals surface area contributed by atoms with E-state index in [1.165, 1.54) is 24.5 Å². The summed E-state index contributed by atoms with van der Waals surface area (Å²) < 4.78 is 70.6. The molecule has 0 aliphatic rings. The molecule has 40 heavy (non-hydrogen) atoms. The van der Waals surface area contributed by atoms with Gasteiger partial charge in [-0.2, -0.15) is 0 Å². The summed E-state index contributed by atoms with van der Waals surface area (Å²) in [5.74, 6) is -0.365. The van der Waals surface area contributed by atoms with Gasteiger partial charge in [-0.15, -0.1) is 11.3 Å². The molecule has 0 bridgehead atoms.